The van der Waals surface area contributed by atoms with Gasteiger partial charge in [-0.3, -0.25) is 0 Å². The van der Waals surface area contributed by atoms with Gasteiger partial charge in [-0.15, -0.1) is 0 Å². The number of hydrogen-bond acceptors (Lipinski definition) is 0. The molecule has 0 aliphatic heterocycles. The summed E-state index contributed by atoms with van der Waals surface area (Å²) in [7, 11) is 0. The van der Waals surface area contributed by atoms with Crippen LogP contribution in [0.3, 0.4) is 0 Å². The lowest BCUT2D eigenvalue weighted by Gasteiger charge is -2.34. The molecule has 0 spiro atoms. The number of rotatable bonds is 0. The quantitative estimate of drug-likeness (QED) is 0.627. The fourth-order valence-corrected chi connectivity index (χ4v) is 2.83. The monoisotopic (exact) mass is 226 g/mol. The van der Waals surface area contributed by atoms with E-state index in [1.165, 1.54) is 16.7 Å². The van der Waals surface area contributed by atoms with Gasteiger partial charge in [0.2, 0.25) is 0 Å². The summed E-state index contributed by atoms with van der Waals surface area (Å²) in [6.07, 6.45) is 0.972. The minimum absolute atomic E-state index is 0.126. The molecule has 2 aromatic rings. The standard InChI is InChI=1S/C16H15F/c1-16(2)10-11-7-8-12(17)9-14(11)13-5-3-4-6-15(13)16/h3-9H,10H2,1-2H3. The second-order valence-electron chi connectivity index (χ2n) is 5.41. The molecule has 1 heteroatoms. The molecule has 1 aliphatic rings. The predicted octanol–water partition coefficient (Wildman–Crippen LogP) is 4.33. The number of hydrogen-bond donors (Lipinski definition) is 0. The third-order valence-corrected chi connectivity index (χ3v) is 3.65. The van der Waals surface area contributed by atoms with Crippen molar-refractivity contribution in [1.82, 2.24) is 0 Å². The molecule has 0 nitrogen and oxygen atoms in total. The largest absolute Gasteiger partial charge is 0.207 e. The van der Waals surface area contributed by atoms with Crippen LogP contribution < -0.4 is 0 Å². The number of benzene rings is 2. The van der Waals surface area contributed by atoms with Gasteiger partial charge in [-0.25, -0.2) is 4.39 Å². The van der Waals surface area contributed by atoms with Gasteiger partial charge < -0.3 is 0 Å². The van der Waals surface area contributed by atoms with E-state index in [0.717, 1.165) is 12.0 Å². The molecule has 0 bridgehead atoms. The van der Waals surface area contributed by atoms with Crippen LogP contribution in [-0.4, -0.2) is 0 Å². The van der Waals surface area contributed by atoms with Crippen molar-refractivity contribution in [2.24, 2.45) is 0 Å². The molecule has 0 saturated heterocycles. The van der Waals surface area contributed by atoms with E-state index in [2.05, 4.69) is 32.0 Å². The van der Waals surface area contributed by atoms with Crippen molar-refractivity contribution in [3.63, 3.8) is 0 Å². The Kier molecular flexibility index (Phi) is 2.12. The van der Waals surface area contributed by atoms with E-state index in [-0.39, 0.29) is 11.2 Å². The smallest absolute Gasteiger partial charge is 0.123 e. The molecule has 0 fully saturated rings. The average Bonchev–Trinajstić information content (AvgIpc) is 2.30. The molecule has 2 aromatic carbocycles. The van der Waals surface area contributed by atoms with Crippen LogP contribution in [0, 0.1) is 5.82 Å². The third-order valence-electron chi connectivity index (χ3n) is 3.65. The van der Waals surface area contributed by atoms with Crippen LogP contribution in [0.15, 0.2) is 42.5 Å². The summed E-state index contributed by atoms with van der Waals surface area (Å²) in [5.41, 5.74) is 4.92. The minimum Gasteiger partial charge on any atom is -0.207 e. The van der Waals surface area contributed by atoms with E-state index in [1.54, 1.807) is 12.1 Å². The highest BCUT2D eigenvalue weighted by atomic mass is 19.1. The van der Waals surface area contributed by atoms with E-state index in [0.29, 0.717) is 0 Å². The maximum absolute atomic E-state index is 13.4. The Balaban J connectivity index is 2.33. The van der Waals surface area contributed by atoms with E-state index < -0.39 is 0 Å². The molecule has 0 atom stereocenters. The summed E-state index contributed by atoms with van der Waals surface area (Å²) in [6.45, 7) is 4.50. The Morgan fingerprint density at radius 3 is 2.59 bits per heavy atom. The molecule has 0 saturated carbocycles. The van der Waals surface area contributed by atoms with Crippen molar-refractivity contribution in [3.05, 3.63) is 59.4 Å². The van der Waals surface area contributed by atoms with Crippen LogP contribution in [0.25, 0.3) is 11.1 Å². The second kappa shape index (κ2) is 3.43. The fraction of sp³-hybridized carbons (Fsp3) is 0.250. The van der Waals surface area contributed by atoms with Crippen LogP contribution in [0.2, 0.25) is 0 Å². The van der Waals surface area contributed by atoms with Crippen molar-refractivity contribution in [2.45, 2.75) is 25.7 Å². The molecule has 86 valence electrons. The van der Waals surface area contributed by atoms with Crippen LogP contribution in [0.1, 0.15) is 25.0 Å². The van der Waals surface area contributed by atoms with Gasteiger partial charge in [0.1, 0.15) is 5.82 Å². The lowest BCUT2D eigenvalue weighted by Crippen LogP contribution is -2.25. The highest BCUT2D eigenvalue weighted by molar-refractivity contribution is 5.74. The van der Waals surface area contributed by atoms with Crippen LogP contribution in [0.4, 0.5) is 4.39 Å². The maximum atomic E-state index is 13.4. The van der Waals surface area contributed by atoms with Gasteiger partial charge in [0.25, 0.3) is 0 Å². The van der Waals surface area contributed by atoms with Gasteiger partial charge in [0.05, 0.1) is 0 Å². The fourth-order valence-electron chi connectivity index (χ4n) is 2.83. The molecular formula is C16H15F. The summed E-state index contributed by atoms with van der Waals surface area (Å²) in [5, 5.41) is 0. The zero-order chi connectivity index (χ0) is 12.0. The van der Waals surface area contributed by atoms with Crippen molar-refractivity contribution in [1.29, 1.82) is 0 Å². The average molecular weight is 226 g/mol. The zero-order valence-electron chi connectivity index (χ0n) is 10.1. The van der Waals surface area contributed by atoms with Crippen LogP contribution in [-0.2, 0) is 11.8 Å². The van der Waals surface area contributed by atoms with Gasteiger partial charge in [0.15, 0.2) is 0 Å². The van der Waals surface area contributed by atoms with E-state index in [4.69, 9.17) is 0 Å². The first-order valence-corrected chi connectivity index (χ1v) is 5.96. The van der Waals surface area contributed by atoms with Crippen molar-refractivity contribution in [3.8, 4) is 11.1 Å². The highest BCUT2D eigenvalue weighted by Gasteiger charge is 2.30. The van der Waals surface area contributed by atoms with E-state index in [1.807, 2.05) is 12.1 Å². The van der Waals surface area contributed by atoms with Gasteiger partial charge in [-0.2, -0.15) is 0 Å². The molecule has 1 aliphatic carbocycles. The molecule has 0 unspecified atom stereocenters. The summed E-state index contributed by atoms with van der Waals surface area (Å²) in [5.74, 6) is -0.154. The molecule has 0 N–H and O–H groups in total. The number of fused-ring (bicyclic) bond motifs is 3. The maximum Gasteiger partial charge on any atom is 0.123 e. The molecule has 0 radical (unpaired) electrons. The highest BCUT2D eigenvalue weighted by Crippen LogP contribution is 2.42. The third kappa shape index (κ3) is 1.57. The Labute approximate surface area is 101 Å². The van der Waals surface area contributed by atoms with Crippen molar-refractivity contribution >= 4 is 0 Å². The summed E-state index contributed by atoms with van der Waals surface area (Å²) in [4.78, 5) is 0. The molecule has 17 heavy (non-hydrogen) atoms. The van der Waals surface area contributed by atoms with Crippen molar-refractivity contribution in [2.75, 3.05) is 0 Å². The van der Waals surface area contributed by atoms with Gasteiger partial charge in [-0.05, 0) is 46.2 Å². The topological polar surface area (TPSA) is 0 Å². The van der Waals surface area contributed by atoms with Crippen LogP contribution in [0.5, 0.6) is 0 Å². The van der Waals surface area contributed by atoms with Gasteiger partial charge in [0, 0.05) is 0 Å². The molecule has 0 amide bonds. The van der Waals surface area contributed by atoms with Crippen LogP contribution >= 0.6 is 0 Å². The molecular weight excluding hydrogens is 211 g/mol. The molecule has 0 aromatic heterocycles. The Morgan fingerprint density at radius 1 is 1.00 bits per heavy atom. The lowest BCUT2D eigenvalue weighted by atomic mass is 9.70. The Bertz CT molecular complexity index is 582. The van der Waals surface area contributed by atoms with Gasteiger partial charge >= 0.3 is 0 Å². The minimum atomic E-state index is -0.154. The predicted molar refractivity (Wildman–Crippen MR) is 68.6 cm³/mol. The molecule has 3 rings (SSSR count). The first kappa shape index (κ1) is 10.5. The summed E-state index contributed by atoms with van der Waals surface area (Å²) in [6, 6.07) is 13.5. The first-order chi connectivity index (χ1) is 8.08. The van der Waals surface area contributed by atoms with E-state index >= 15 is 0 Å². The van der Waals surface area contributed by atoms with E-state index in [9.17, 15) is 4.39 Å². The Morgan fingerprint density at radius 2 is 1.76 bits per heavy atom. The number of halogens is 1. The zero-order valence-corrected chi connectivity index (χ0v) is 10.1. The summed E-state index contributed by atoms with van der Waals surface area (Å²) < 4.78 is 13.4. The van der Waals surface area contributed by atoms with Gasteiger partial charge in [-0.1, -0.05) is 44.2 Å². The van der Waals surface area contributed by atoms with Crippen molar-refractivity contribution < 1.29 is 4.39 Å². The molecule has 0 heterocycles. The Hall–Kier alpha value is -1.63. The first-order valence-electron chi connectivity index (χ1n) is 5.96. The lowest BCUT2D eigenvalue weighted by molar-refractivity contribution is 0.516. The second-order valence-corrected chi connectivity index (χ2v) is 5.41. The summed E-state index contributed by atoms with van der Waals surface area (Å²) >= 11 is 0. The SMILES string of the molecule is CC1(C)Cc2ccc(F)cc2-c2ccccc21. The normalized spacial score (nSPS) is 16.2.